The monoisotopic (exact) mass is 297 g/mol. The molecule has 4 heteroatoms. The van der Waals surface area contributed by atoms with E-state index in [9.17, 15) is 0 Å². The first-order valence-electron chi connectivity index (χ1n) is 6.38. The molecule has 0 aromatic carbocycles. The van der Waals surface area contributed by atoms with E-state index in [4.69, 9.17) is 0 Å². The number of nitrogens with one attached hydrogen (secondary N) is 1. The summed E-state index contributed by atoms with van der Waals surface area (Å²) in [6, 6.07) is 4.09. The van der Waals surface area contributed by atoms with E-state index in [0.717, 1.165) is 23.3 Å². The van der Waals surface area contributed by atoms with Gasteiger partial charge in [0.1, 0.15) is 0 Å². The van der Waals surface area contributed by atoms with Crippen LogP contribution >= 0.6 is 15.9 Å². The Morgan fingerprint density at radius 3 is 2.82 bits per heavy atom. The van der Waals surface area contributed by atoms with Crippen LogP contribution in [0.15, 0.2) is 22.8 Å². The molecule has 1 aromatic rings. The van der Waals surface area contributed by atoms with Crippen molar-refractivity contribution in [1.29, 1.82) is 0 Å². The third kappa shape index (κ3) is 4.74. The molecule has 0 bridgehead atoms. The van der Waals surface area contributed by atoms with Crippen LogP contribution in [0.25, 0.3) is 0 Å². The molecule has 3 nitrogen and oxygen atoms in total. The predicted molar refractivity (Wildman–Crippen MR) is 73.9 cm³/mol. The Kier molecular flexibility index (Phi) is 5.42. The second-order valence-electron chi connectivity index (χ2n) is 4.55. The summed E-state index contributed by atoms with van der Waals surface area (Å²) in [5, 5.41) is 3.44. The van der Waals surface area contributed by atoms with Crippen molar-refractivity contribution < 1.29 is 0 Å². The summed E-state index contributed by atoms with van der Waals surface area (Å²) in [6.45, 7) is 5.78. The van der Waals surface area contributed by atoms with Crippen molar-refractivity contribution >= 4 is 15.9 Å². The van der Waals surface area contributed by atoms with Gasteiger partial charge in [-0.15, -0.1) is 0 Å². The minimum absolute atomic E-state index is 0.868. The average Bonchev–Trinajstić information content (AvgIpc) is 2.84. The normalized spacial score (nSPS) is 16.5. The maximum atomic E-state index is 4.33. The highest BCUT2D eigenvalue weighted by molar-refractivity contribution is 9.10. The Bertz CT molecular complexity index is 320. The van der Waals surface area contributed by atoms with Gasteiger partial charge in [-0.05, 0) is 73.5 Å². The predicted octanol–water partition coefficient (Wildman–Crippen LogP) is 2.42. The Hall–Kier alpha value is -0.450. The summed E-state index contributed by atoms with van der Waals surface area (Å²) in [4.78, 5) is 6.89. The number of pyridine rings is 1. The van der Waals surface area contributed by atoms with Crippen molar-refractivity contribution in [2.24, 2.45) is 0 Å². The van der Waals surface area contributed by atoms with Crippen LogP contribution < -0.4 is 5.32 Å². The molecule has 0 amide bonds. The highest BCUT2D eigenvalue weighted by atomic mass is 79.9. The van der Waals surface area contributed by atoms with E-state index in [1.54, 1.807) is 0 Å². The topological polar surface area (TPSA) is 28.2 Å². The van der Waals surface area contributed by atoms with E-state index < -0.39 is 0 Å². The molecule has 0 spiro atoms. The highest BCUT2D eigenvalue weighted by Gasteiger charge is 2.09. The van der Waals surface area contributed by atoms with Crippen LogP contribution in [-0.2, 0) is 6.54 Å². The van der Waals surface area contributed by atoms with Gasteiger partial charge in [-0.1, -0.05) is 0 Å². The maximum Gasteiger partial charge on any atom is 0.0542 e. The lowest BCUT2D eigenvalue weighted by molar-refractivity contribution is 0.331. The second-order valence-corrected chi connectivity index (χ2v) is 5.46. The molecule has 0 aliphatic carbocycles. The molecule has 94 valence electrons. The Morgan fingerprint density at radius 2 is 2.12 bits per heavy atom. The number of nitrogens with zero attached hydrogens (tertiary/aromatic N) is 2. The molecule has 0 saturated carbocycles. The summed E-state index contributed by atoms with van der Waals surface area (Å²) in [5.41, 5.74) is 1.11. The molecular formula is C13H20BrN3. The summed E-state index contributed by atoms with van der Waals surface area (Å²) in [6.07, 6.45) is 5.85. The van der Waals surface area contributed by atoms with E-state index in [2.05, 4.69) is 37.2 Å². The van der Waals surface area contributed by atoms with E-state index in [1.807, 2.05) is 12.3 Å². The standard InChI is InChI=1S/C13H20BrN3/c14-12-4-5-13(16-10-12)11-15-6-3-9-17-7-1-2-8-17/h4-5,10,15H,1-3,6-9,11H2. The van der Waals surface area contributed by atoms with Crippen LogP contribution in [0.2, 0.25) is 0 Å². The molecule has 2 rings (SSSR count). The maximum absolute atomic E-state index is 4.33. The largest absolute Gasteiger partial charge is 0.311 e. The number of aromatic nitrogens is 1. The fourth-order valence-corrected chi connectivity index (χ4v) is 2.40. The van der Waals surface area contributed by atoms with Crippen molar-refractivity contribution in [2.75, 3.05) is 26.2 Å². The minimum Gasteiger partial charge on any atom is -0.311 e. The van der Waals surface area contributed by atoms with E-state index >= 15 is 0 Å². The van der Waals surface area contributed by atoms with Crippen molar-refractivity contribution in [1.82, 2.24) is 15.2 Å². The lowest BCUT2D eigenvalue weighted by Crippen LogP contribution is -2.24. The van der Waals surface area contributed by atoms with Crippen LogP contribution in [0.3, 0.4) is 0 Å². The first-order valence-corrected chi connectivity index (χ1v) is 7.17. The molecule has 1 N–H and O–H groups in total. The average molecular weight is 298 g/mol. The Balaban J connectivity index is 1.55. The first kappa shape index (κ1) is 13.0. The summed E-state index contributed by atoms with van der Waals surface area (Å²) in [7, 11) is 0. The van der Waals surface area contributed by atoms with Crippen molar-refractivity contribution in [3.05, 3.63) is 28.5 Å². The molecule has 0 atom stereocenters. The van der Waals surface area contributed by atoms with Gasteiger partial charge in [0, 0.05) is 17.2 Å². The van der Waals surface area contributed by atoms with Crippen LogP contribution in [0.1, 0.15) is 25.0 Å². The smallest absolute Gasteiger partial charge is 0.0542 e. The molecule has 1 aliphatic heterocycles. The minimum atomic E-state index is 0.868. The number of rotatable bonds is 6. The molecule has 1 saturated heterocycles. The zero-order valence-electron chi connectivity index (χ0n) is 10.2. The Morgan fingerprint density at radius 1 is 1.29 bits per heavy atom. The second kappa shape index (κ2) is 7.09. The molecule has 17 heavy (non-hydrogen) atoms. The van der Waals surface area contributed by atoms with E-state index in [-0.39, 0.29) is 0 Å². The molecule has 1 aromatic heterocycles. The third-order valence-electron chi connectivity index (χ3n) is 3.12. The fraction of sp³-hybridized carbons (Fsp3) is 0.615. The molecule has 1 fully saturated rings. The van der Waals surface area contributed by atoms with Crippen molar-refractivity contribution in [3.63, 3.8) is 0 Å². The summed E-state index contributed by atoms with van der Waals surface area (Å²) < 4.78 is 1.04. The van der Waals surface area contributed by atoms with Crippen LogP contribution in [0.4, 0.5) is 0 Å². The van der Waals surface area contributed by atoms with Gasteiger partial charge >= 0.3 is 0 Å². The van der Waals surface area contributed by atoms with Gasteiger partial charge in [-0.25, -0.2) is 0 Å². The molecule has 0 unspecified atom stereocenters. The molecule has 2 heterocycles. The fourth-order valence-electron chi connectivity index (χ4n) is 2.16. The molecular weight excluding hydrogens is 278 g/mol. The zero-order chi connectivity index (χ0) is 11.9. The van der Waals surface area contributed by atoms with Gasteiger partial charge in [-0.3, -0.25) is 4.98 Å². The van der Waals surface area contributed by atoms with Gasteiger partial charge in [0.15, 0.2) is 0 Å². The number of likely N-dealkylation sites (tertiary alicyclic amines) is 1. The van der Waals surface area contributed by atoms with Crippen molar-refractivity contribution in [2.45, 2.75) is 25.8 Å². The molecule has 1 aliphatic rings. The van der Waals surface area contributed by atoms with Gasteiger partial charge in [-0.2, -0.15) is 0 Å². The Labute approximate surface area is 112 Å². The van der Waals surface area contributed by atoms with Gasteiger partial charge in [0.25, 0.3) is 0 Å². The van der Waals surface area contributed by atoms with Gasteiger partial charge in [0.2, 0.25) is 0 Å². The first-order chi connectivity index (χ1) is 8.34. The SMILES string of the molecule is Brc1ccc(CNCCCN2CCCC2)nc1. The van der Waals surface area contributed by atoms with Crippen LogP contribution in [0.5, 0.6) is 0 Å². The number of hydrogen-bond acceptors (Lipinski definition) is 3. The zero-order valence-corrected chi connectivity index (χ0v) is 11.7. The van der Waals surface area contributed by atoms with Gasteiger partial charge < -0.3 is 10.2 Å². The van der Waals surface area contributed by atoms with E-state index in [0.29, 0.717) is 0 Å². The quantitative estimate of drug-likeness (QED) is 0.818. The molecule has 0 radical (unpaired) electrons. The summed E-state index contributed by atoms with van der Waals surface area (Å²) >= 11 is 3.39. The number of hydrogen-bond donors (Lipinski definition) is 1. The van der Waals surface area contributed by atoms with Crippen molar-refractivity contribution in [3.8, 4) is 0 Å². The van der Waals surface area contributed by atoms with Gasteiger partial charge in [0.05, 0.1) is 5.69 Å². The summed E-state index contributed by atoms with van der Waals surface area (Å²) in [5.74, 6) is 0. The third-order valence-corrected chi connectivity index (χ3v) is 3.59. The highest BCUT2D eigenvalue weighted by Crippen LogP contribution is 2.08. The number of halogens is 1. The lowest BCUT2D eigenvalue weighted by Gasteiger charge is -2.14. The van der Waals surface area contributed by atoms with E-state index in [1.165, 1.54) is 38.9 Å². The van der Waals surface area contributed by atoms with Crippen LogP contribution in [0, 0.1) is 0 Å². The lowest BCUT2D eigenvalue weighted by atomic mass is 10.3. The van der Waals surface area contributed by atoms with Crippen LogP contribution in [-0.4, -0.2) is 36.1 Å².